The molecule has 0 spiro atoms. The molecule has 1 aromatic heterocycles. The predicted octanol–water partition coefficient (Wildman–Crippen LogP) is 2.44. The highest BCUT2D eigenvalue weighted by molar-refractivity contribution is 7.17. The standard InChI is InChI=1S/C14H23N3OS/c1-4-6-12-13(10-18)19-14(15-12)17-8-7-16(3)11(5-2)9-17/h10-11H,4-9H2,1-3H3. The van der Waals surface area contributed by atoms with Crippen molar-refractivity contribution in [2.75, 3.05) is 31.6 Å². The first-order valence-corrected chi connectivity index (χ1v) is 7.91. The summed E-state index contributed by atoms with van der Waals surface area (Å²) in [6.45, 7) is 7.44. The third kappa shape index (κ3) is 3.15. The lowest BCUT2D eigenvalue weighted by molar-refractivity contribution is 0.112. The maximum absolute atomic E-state index is 11.1. The van der Waals surface area contributed by atoms with E-state index in [4.69, 9.17) is 0 Å². The molecule has 1 fully saturated rings. The normalized spacial score (nSPS) is 20.8. The van der Waals surface area contributed by atoms with Crippen LogP contribution < -0.4 is 4.90 Å². The molecule has 1 aromatic rings. The molecule has 2 rings (SSSR count). The SMILES string of the molecule is CCCc1nc(N2CCN(C)C(CC)C2)sc1C=O. The van der Waals surface area contributed by atoms with Gasteiger partial charge in [0.1, 0.15) is 0 Å². The second-order valence-corrected chi connectivity index (χ2v) is 6.17. The van der Waals surface area contributed by atoms with E-state index >= 15 is 0 Å². The summed E-state index contributed by atoms with van der Waals surface area (Å²) in [7, 11) is 2.19. The molecule has 4 nitrogen and oxygen atoms in total. The Morgan fingerprint density at radius 3 is 2.84 bits per heavy atom. The molecular formula is C14H23N3OS. The van der Waals surface area contributed by atoms with Crippen LogP contribution in [0.25, 0.3) is 0 Å². The first-order valence-electron chi connectivity index (χ1n) is 7.09. The van der Waals surface area contributed by atoms with E-state index in [0.29, 0.717) is 6.04 Å². The van der Waals surface area contributed by atoms with Gasteiger partial charge >= 0.3 is 0 Å². The Labute approximate surface area is 119 Å². The van der Waals surface area contributed by atoms with Crippen LogP contribution in [0.4, 0.5) is 5.13 Å². The van der Waals surface area contributed by atoms with Gasteiger partial charge in [-0.3, -0.25) is 9.69 Å². The smallest absolute Gasteiger partial charge is 0.186 e. The van der Waals surface area contributed by atoms with Crippen molar-refractivity contribution in [1.29, 1.82) is 0 Å². The fraction of sp³-hybridized carbons (Fsp3) is 0.714. The summed E-state index contributed by atoms with van der Waals surface area (Å²) >= 11 is 1.55. The molecule has 106 valence electrons. The van der Waals surface area contributed by atoms with E-state index in [-0.39, 0.29) is 0 Å². The van der Waals surface area contributed by atoms with Gasteiger partial charge in [-0.1, -0.05) is 31.6 Å². The Kier molecular flexibility index (Phi) is 4.93. The highest BCUT2D eigenvalue weighted by Gasteiger charge is 2.25. The first-order chi connectivity index (χ1) is 9.19. The third-order valence-electron chi connectivity index (χ3n) is 3.83. The van der Waals surface area contributed by atoms with Crippen LogP contribution in [0.2, 0.25) is 0 Å². The number of aldehydes is 1. The van der Waals surface area contributed by atoms with E-state index in [9.17, 15) is 4.79 Å². The molecule has 19 heavy (non-hydrogen) atoms. The van der Waals surface area contributed by atoms with Gasteiger partial charge in [-0.2, -0.15) is 0 Å². The van der Waals surface area contributed by atoms with Gasteiger partial charge in [-0.15, -0.1) is 0 Å². The Balaban J connectivity index is 2.15. The number of hydrogen-bond donors (Lipinski definition) is 0. The van der Waals surface area contributed by atoms with Crippen molar-refractivity contribution < 1.29 is 4.79 Å². The predicted molar refractivity (Wildman–Crippen MR) is 80.4 cm³/mol. The second-order valence-electron chi connectivity index (χ2n) is 5.16. The lowest BCUT2D eigenvalue weighted by Gasteiger charge is -2.39. The van der Waals surface area contributed by atoms with E-state index < -0.39 is 0 Å². The summed E-state index contributed by atoms with van der Waals surface area (Å²) < 4.78 is 0. The van der Waals surface area contributed by atoms with Gasteiger partial charge in [0.25, 0.3) is 0 Å². The zero-order valence-corrected chi connectivity index (χ0v) is 12.9. The number of hydrogen-bond acceptors (Lipinski definition) is 5. The van der Waals surface area contributed by atoms with Crippen LogP contribution in [0.15, 0.2) is 0 Å². The van der Waals surface area contributed by atoms with E-state index in [1.54, 1.807) is 11.3 Å². The Hall–Kier alpha value is -0.940. The lowest BCUT2D eigenvalue weighted by atomic mass is 10.1. The molecule has 1 saturated heterocycles. The topological polar surface area (TPSA) is 36.4 Å². The Bertz CT molecular complexity index is 432. The van der Waals surface area contributed by atoms with Crippen molar-refractivity contribution in [2.45, 2.75) is 39.2 Å². The average molecular weight is 281 g/mol. The number of aromatic nitrogens is 1. The van der Waals surface area contributed by atoms with Gasteiger partial charge in [-0.05, 0) is 19.9 Å². The van der Waals surface area contributed by atoms with E-state index in [1.807, 2.05) is 0 Å². The molecule has 0 aliphatic carbocycles. The van der Waals surface area contributed by atoms with E-state index in [0.717, 1.165) is 60.9 Å². The van der Waals surface area contributed by atoms with Crippen LogP contribution in [0.3, 0.4) is 0 Å². The molecule has 1 aliphatic rings. The van der Waals surface area contributed by atoms with Crippen LogP contribution in [0.1, 0.15) is 42.1 Å². The molecular weight excluding hydrogens is 258 g/mol. The van der Waals surface area contributed by atoms with Gasteiger partial charge < -0.3 is 4.90 Å². The number of likely N-dealkylation sites (N-methyl/N-ethyl adjacent to an activating group) is 1. The van der Waals surface area contributed by atoms with Gasteiger partial charge in [0, 0.05) is 25.7 Å². The highest BCUT2D eigenvalue weighted by atomic mass is 32.1. The van der Waals surface area contributed by atoms with Crippen molar-refractivity contribution in [3.63, 3.8) is 0 Å². The molecule has 0 aromatic carbocycles. The molecule has 2 heterocycles. The number of rotatable bonds is 5. The maximum Gasteiger partial charge on any atom is 0.186 e. The Morgan fingerprint density at radius 1 is 1.42 bits per heavy atom. The summed E-state index contributed by atoms with van der Waals surface area (Å²) in [5, 5.41) is 1.03. The molecule has 1 unspecified atom stereocenters. The molecule has 5 heteroatoms. The Morgan fingerprint density at radius 2 is 2.21 bits per heavy atom. The van der Waals surface area contributed by atoms with Crippen molar-refractivity contribution in [3.05, 3.63) is 10.6 Å². The zero-order valence-electron chi connectivity index (χ0n) is 12.1. The zero-order chi connectivity index (χ0) is 13.8. The van der Waals surface area contributed by atoms with Crippen LogP contribution in [0, 0.1) is 0 Å². The maximum atomic E-state index is 11.1. The average Bonchev–Trinajstić information content (AvgIpc) is 2.83. The van der Waals surface area contributed by atoms with Crippen LogP contribution in [-0.2, 0) is 6.42 Å². The second kappa shape index (κ2) is 6.48. The summed E-state index contributed by atoms with van der Waals surface area (Å²) in [5.74, 6) is 0. The summed E-state index contributed by atoms with van der Waals surface area (Å²) in [6.07, 6.45) is 4.04. The molecule has 0 bridgehead atoms. The first kappa shape index (κ1) is 14.5. The number of thiazole rings is 1. The quantitative estimate of drug-likeness (QED) is 0.777. The van der Waals surface area contributed by atoms with Gasteiger partial charge in [0.2, 0.25) is 0 Å². The van der Waals surface area contributed by atoms with Crippen molar-refractivity contribution in [2.24, 2.45) is 0 Å². The number of piperazine rings is 1. The molecule has 1 atom stereocenters. The highest BCUT2D eigenvalue weighted by Crippen LogP contribution is 2.28. The minimum Gasteiger partial charge on any atom is -0.345 e. The summed E-state index contributed by atoms with van der Waals surface area (Å²) in [4.78, 5) is 21.4. The molecule has 0 radical (unpaired) electrons. The van der Waals surface area contributed by atoms with Crippen molar-refractivity contribution >= 4 is 22.8 Å². The fourth-order valence-electron chi connectivity index (χ4n) is 2.55. The van der Waals surface area contributed by atoms with E-state index in [2.05, 4.69) is 35.7 Å². The number of carbonyl (C=O) groups is 1. The number of anilines is 1. The minimum atomic E-state index is 0.590. The fourth-order valence-corrected chi connectivity index (χ4v) is 3.52. The summed E-state index contributed by atoms with van der Waals surface area (Å²) in [5.41, 5.74) is 0.976. The van der Waals surface area contributed by atoms with E-state index in [1.165, 1.54) is 0 Å². The van der Waals surface area contributed by atoms with Gasteiger partial charge in [0.15, 0.2) is 11.4 Å². The van der Waals surface area contributed by atoms with Crippen LogP contribution >= 0.6 is 11.3 Å². The molecule has 0 amide bonds. The monoisotopic (exact) mass is 281 g/mol. The number of nitrogens with zero attached hydrogens (tertiary/aromatic N) is 3. The number of carbonyl (C=O) groups excluding carboxylic acids is 1. The molecule has 1 aliphatic heterocycles. The van der Waals surface area contributed by atoms with Gasteiger partial charge in [0.05, 0.1) is 10.6 Å². The number of aryl methyl sites for hydroxylation is 1. The van der Waals surface area contributed by atoms with Crippen LogP contribution in [0.5, 0.6) is 0 Å². The molecule has 0 saturated carbocycles. The largest absolute Gasteiger partial charge is 0.345 e. The van der Waals surface area contributed by atoms with Crippen molar-refractivity contribution in [1.82, 2.24) is 9.88 Å². The minimum absolute atomic E-state index is 0.590. The summed E-state index contributed by atoms with van der Waals surface area (Å²) in [6, 6.07) is 0.590. The van der Waals surface area contributed by atoms with Crippen molar-refractivity contribution in [3.8, 4) is 0 Å². The lowest BCUT2D eigenvalue weighted by Crippen LogP contribution is -2.51. The van der Waals surface area contributed by atoms with Crippen LogP contribution in [-0.4, -0.2) is 48.9 Å². The molecule has 0 N–H and O–H groups in total. The van der Waals surface area contributed by atoms with Gasteiger partial charge in [-0.25, -0.2) is 4.98 Å². The third-order valence-corrected chi connectivity index (χ3v) is 4.91.